The van der Waals surface area contributed by atoms with Gasteiger partial charge in [-0.05, 0) is 31.5 Å². The van der Waals surface area contributed by atoms with Gasteiger partial charge in [0.2, 0.25) is 0 Å². The number of hydrogen-bond acceptors (Lipinski definition) is 3. The summed E-state index contributed by atoms with van der Waals surface area (Å²) in [6.07, 6.45) is 4.41. The number of nitrogens with zero attached hydrogens (tertiary/aromatic N) is 3. The molecule has 86 valence electrons. The molecule has 1 unspecified atom stereocenters. The van der Waals surface area contributed by atoms with Gasteiger partial charge in [-0.2, -0.15) is 0 Å². The molecule has 3 heteroatoms. The highest BCUT2D eigenvalue weighted by Gasteiger charge is 2.30. The topological polar surface area (TPSA) is 19.4 Å². The van der Waals surface area contributed by atoms with Crippen LogP contribution in [0.15, 0.2) is 18.3 Å². The summed E-state index contributed by atoms with van der Waals surface area (Å²) in [5.41, 5.74) is 2.80. The molecule has 1 aromatic heterocycles. The van der Waals surface area contributed by atoms with Crippen molar-refractivity contribution in [2.45, 2.75) is 18.9 Å². The minimum atomic E-state index is 0.588. The van der Waals surface area contributed by atoms with Crippen molar-refractivity contribution < 1.29 is 0 Å². The fourth-order valence-corrected chi connectivity index (χ4v) is 2.88. The molecule has 2 heterocycles. The molecule has 1 saturated heterocycles. The third-order valence-electron chi connectivity index (χ3n) is 3.91. The van der Waals surface area contributed by atoms with Gasteiger partial charge in [-0.25, -0.2) is 0 Å². The first-order chi connectivity index (χ1) is 7.84. The van der Waals surface area contributed by atoms with Crippen molar-refractivity contribution in [3.05, 3.63) is 29.6 Å². The molecule has 1 fully saturated rings. The number of piperazine rings is 1. The Morgan fingerprint density at radius 1 is 1.25 bits per heavy atom. The van der Waals surface area contributed by atoms with Gasteiger partial charge in [-0.3, -0.25) is 9.88 Å². The van der Waals surface area contributed by atoms with Crippen molar-refractivity contribution in [2.75, 3.05) is 33.2 Å². The van der Waals surface area contributed by atoms with E-state index in [-0.39, 0.29) is 0 Å². The lowest BCUT2D eigenvalue weighted by atomic mass is 10.1. The van der Waals surface area contributed by atoms with E-state index in [1.54, 1.807) is 0 Å². The van der Waals surface area contributed by atoms with E-state index < -0.39 is 0 Å². The van der Waals surface area contributed by atoms with E-state index in [4.69, 9.17) is 0 Å². The smallest absolute Gasteiger partial charge is 0.0607 e. The van der Waals surface area contributed by atoms with Gasteiger partial charge in [0.25, 0.3) is 0 Å². The summed E-state index contributed by atoms with van der Waals surface area (Å²) in [7, 11) is 2.21. The Hall–Kier alpha value is -0.930. The summed E-state index contributed by atoms with van der Waals surface area (Å²) in [5, 5.41) is 0. The number of pyridine rings is 1. The van der Waals surface area contributed by atoms with Crippen molar-refractivity contribution >= 4 is 0 Å². The van der Waals surface area contributed by atoms with Gasteiger partial charge in [0.05, 0.1) is 11.7 Å². The fraction of sp³-hybridized carbons (Fsp3) is 0.615. The zero-order chi connectivity index (χ0) is 11.0. The SMILES string of the molecule is CN1CCN(C2CCc3cccnc32)CC1. The third kappa shape index (κ3) is 1.74. The van der Waals surface area contributed by atoms with Crippen LogP contribution in [0.4, 0.5) is 0 Å². The standard InChI is InChI=1S/C13H19N3/c1-15-7-9-16(10-8-15)12-5-4-11-3-2-6-14-13(11)12/h2-3,6,12H,4-5,7-10H2,1H3. The van der Waals surface area contributed by atoms with E-state index in [9.17, 15) is 0 Å². The van der Waals surface area contributed by atoms with E-state index in [2.05, 4.69) is 34.0 Å². The predicted octanol–water partition coefficient (Wildman–Crippen LogP) is 1.32. The maximum atomic E-state index is 4.58. The second kappa shape index (κ2) is 4.15. The molecule has 16 heavy (non-hydrogen) atoms. The number of likely N-dealkylation sites (N-methyl/N-ethyl adjacent to an activating group) is 1. The van der Waals surface area contributed by atoms with E-state index in [0.29, 0.717) is 6.04 Å². The lowest BCUT2D eigenvalue weighted by molar-refractivity contribution is 0.110. The molecule has 1 aromatic rings. The maximum absolute atomic E-state index is 4.58. The summed E-state index contributed by atoms with van der Waals surface area (Å²) < 4.78 is 0. The Balaban J connectivity index is 1.77. The van der Waals surface area contributed by atoms with E-state index >= 15 is 0 Å². The van der Waals surface area contributed by atoms with E-state index in [1.807, 2.05) is 6.20 Å². The Bertz CT molecular complexity index is 369. The monoisotopic (exact) mass is 217 g/mol. The molecule has 3 nitrogen and oxygen atoms in total. The number of hydrogen-bond donors (Lipinski definition) is 0. The van der Waals surface area contributed by atoms with Crippen molar-refractivity contribution in [2.24, 2.45) is 0 Å². The summed E-state index contributed by atoms with van der Waals surface area (Å²) in [4.78, 5) is 9.60. The molecule has 3 rings (SSSR count). The Morgan fingerprint density at radius 3 is 2.88 bits per heavy atom. The lowest BCUT2D eigenvalue weighted by Crippen LogP contribution is -2.45. The average Bonchev–Trinajstić information content (AvgIpc) is 2.74. The highest BCUT2D eigenvalue weighted by Crippen LogP contribution is 2.34. The minimum Gasteiger partial charge on any atom is -0.304 e. The highest BCUT2D eigenvalue weighted by molar-refractivity contribution is 5.28. The number of aryl methyl sites for hydroxylation is 1. The van der Waals surface area contributed by atoms with E-state index in [1.165, 1.54) is 50.3 Å². The van der Waals surface area contributed by atoms with Crippen molar-refractivity contribution in [1.29, 1.82) is 0 Å². The molecule has 0 amide bonds. The van der Waals surface area contributed by atoms with Crippen LogP contribution in [0.3, 0.4) is 0 Å². The quantitative estimate of drug-likeness (QED) is 0.707. The van der Waals surface area contributed by atoms with Crippen LogP contribution >= 0.6 is 0 Å². The number of fused-ring (bicyclic) bond motifs is 1. The first-order valence-electron chi connectivity index (χ1n) is 6.21. The molecular weight excluding hydrogens is 198 g/mol. The maximum Gasteiger partial charge on any atom is 0.0607 e. The van der Waals surface area contributed by atoms with Crippen LogP contribution in [-0.4, -0.2) is 48.0 Å². The normalized spacial score (nSPS) is 26.9. The first kappa shape index (κ1) is 10.2. The zero-order valence-corrected chi connectivity index (χ0v) is 9.89. The van der Waals surface area contributed by atoms with Crippen LogP contribution in [0.25, 0.3) is 0 Å². The summed E-state index contributed by atoms with van der Waals surface area (Å²) in [5.74, 6) is 0. The summed E-state index contributed by atoms with van der Waals surface area (Å²) in [6, 6.07) is 4.88. The highest BCUT2D eigenvalue weighted by atomic mass is 15.3. The molecule has 0 radical (unpaired) electrons. The largest absolute Gasteiger partial charge is 0.304 e. The zero-order valence-electron chi connectivity index (χ0n) is 9.89. The molecule has 0 N–H and O–H groups in total. The summed E-state index contributed by atoms with van der Waals surface area (Å²) in [6.45, 7) is 4.77. The van der Waals surface area contributed by atoms with Gasteiger partial charge in [0, 0.05) is 32.4 Å². The average molecular weight is 217 g/mol. The van der Waals surface area contributed by atoms with Crippen LogP contribution in [0, 0.1) is 0 Å². The molecular formula is C13H19N3. The molecule has 2 aliphatic rings. The molecule has 0 saturated carbocycles. The van der Waals surface area contributed by atoms with Gasteiger partial charge in [0.1, 0.15) is 0 Å². The second-order valence-electron chi connectivity index (χ2n) is 4.94. The first-order valence-corrected chi connectivity index (χ1v) is 6.21. The second-order valence-corrected chi connectivity index (χ2v) is 4.94. The fourth-order valence-electron chi connectivity index (χ4n) is 2.88. The van der Waals surface area contributed by atoms with Crippen LogP contribution in [0.2, 0.25) is 0 Å². The molecule has 1 aliphatic carbocycles. The number of aromatic nitrogens is 1. The molecule has 0 spiro atoms. The van der Waals surface area contributed by atoms with Gasteiger partial charge in [-0.1, -0.05) is 6.07 Å². The van der Waals surface area contributed by atoms with Crippen LogP contribution in [0.1, 0.15) is 23.7 Å². The van der Waals surface area contributed by atoms with Crippen molar-refractivity contribution in [1.82, 2.24) is 14.8 Å². The molecule has 1 atom stereocenters. The molecule has 0 aromatic carbocycles. The van der Waals surface area contributed by atoms with Crippen LogP contribution in [0.5, 0.6) is 0 Å². The Kier molecular flexibility index (Phi) is 2.65. The van der Waals surface area contributed by atoms with Gasteiger partial charge >= 0.3 is 0 Å². The molecule has 1 aliphatic heterocycles. The Morgan fingerprint density at radius 2 is 2.06 bits per heavy atom. The van der Waals surface area contributed by atoms with Crippen molar-refractivity contribution in [3.8, 4) is 0 Å². The molecule has 0 bridgehead atoms. The van der Waals surface area contributed by atoms with Gasteiger partial charge < -0.3 is 4.90 Å². The van der Waals surface area contributed by atoms with Crippen LogP contribution in [-0.2, 0) is 6.42 Å². The third-order valence-corrected chi connectivity index (χ3v) is 3.91. The van der Waals surface area contributed by atoms with Gasteiger partial charge in [0.15, 0.2) is 0 Å². The summed E-state index contributed by atoms with van der Waals surface area (Å²) >= 11 is 0. The van der Waals surface area contributed by atoms with Crippen molar-refractivity contribution in [3.63, 3.8) is 0 Å². The Labute approximate surface area is 97.1 Å². The van der Waals surface area contributed by atoms with E-state index in [0.717, 1.165) is 0 Å². The number of rotatable bonds is 1. The van der Waals surface area contributed by atoms with Gasteiger partial charge in [-0.15, -0.1) is 0 Å². The lowest BCUT2D eigenvalue weighted by Gasteiger charge is -2.36. The minimum absolute atomic E-state index is 0.588. The predicted molar refractivity (Wildman–Crippen MR) is 64.4 cm³/mol. The van der Waals surface area contributed by atoms with Crippen LogP contribution < -0.4 is 0 Å².